The smallest absolute Gasteiger partial charge is 0.126 e. The van der Waals surface area contributed by atoms with Crippen LogP contribution in [0.3, 0.4) is 0 Å². The average Bonchev–Trinajstić information content (AvgIpc) is 2.66. The van der Waals surface area contributed by atoms with Crippen molar-refractivity contribution in [2.24, 2.45) is 11.8 Å². The Morgan fingerprint density at radius 3 is 2.56 bits per heavy atom. The van der Waals surface area contributed by atoms with Crippen LogP contribution in [0, 0.1) is 24.6 Å². The maximum absolute atomic E-state index is 13.8. The molecule has 0 saturated heterocycles. The van der Waals surface area contributed by atoms with Crippen LogP contribution in [0.4, 0.5) is 4.39 Å². The molecule has 0 nitrogen and oxygen atoms in total. The molecule has 1 aliphatic rings. The first-order chi connectivity index (χ1) is 7.59. The normalized spacial score (nSPS) is 25.3. The molecular weight excluding hydrogens is 199 g/mol. The molecule has 2 rings (SSSR count). The topological polar surface area (TPSA) is 0 Å². The van der Waals surface area contributed by atoms with Crippen molar-refractivity contribution in [3.05, 3.63) is 35.1 Å². The first-order valence-electron chi connectivity index (χ1n) is 6.34. The molecule has 0 radical (unpaired) electrons. The van der Waals surface area contributed by atoms with Gasteiger partial charge < -0.3 is 0 Å². The highest BCUT2D eigenvalue weighted by atomic mass is 19.1. The molecule has 0 amide bonds. The van der Waals surface area contributed by atoms with Gasteiger partial charge in [-0.05, 0) is 61.1 Å². The number of hydrogen-bond acceptors (Lipinski definition) is 0. The third-order valence-electron chi connectivity index (χ3n) is 4.10. The van der Waals surface area contributed by atoms with Gasteiger partial charge in [-0.1, -0.05) is 26.0 Å². The highest BCUT2D eigenvalue weighted by molar-refractivity contribution is 5.31. The van der Waals surface area contributed by atoms with E-state index >= 15 is 0 Å². The molecule has 16 heavy (non-hydrogen) atoms. The van der Waals surface area contributed by atoms with Crippen molar-refractivity contribution in [3.8, 4) is 0 Å². The zero-order chi connectivity index (χ0) is 11.7. The van der Waals surface area contributed by atoms with E-state index in [-0.39, 0.29) is 5.82 Å². The van der Waals surface area contributed by atoms with Gasteiger partial charge in [0.1, 0.15) is 5.82 Å². The number of aryl methyl sites for hydroxylation is 1. The van der Waals surface area contributed by atoms with E-state index < -0.39 is 0 Å². The van der Waals surface area contributed by atoms with Gasteiger partial charge in [0.25, 0.3) is 0 Å². The summed E-state index contributed by atoms with van der Waals surface area (Å²) in [6, 6.07) is 5.44. The summed E-state index contributed by atoms with van der Waals surface area (Å²) in [7, 11) is 0. The fourth-order valence-electron chi connectivity index (χ4n) is 3.05. The second kappa shape index (κ2) is 4.57. The predicted molar refractivity (Wildman–Crippen MR) is 66.1 cm³/mol. The van der Waals surface area contributed by atoms with Crippen LogP contribution in [-0.4, -0.2) is 0 Å². The Bertz CT molecular complexity index is 347. The van der Waals surface area contributed by atoms with Crippen LogP contribution in [0.2, 0.25) is 0 Å². The number of rotatable bonds is 2. The second-order valence-electron chi connectivity index (χ2n) is 5.48. The number of halogens is 1. The van der Waals surface area contributed by atoms with Gasteiger partial charge in [-0.2, -0.15) is 0 Å². The van der Waals surface area contributed by atoms with Gasteiger partial charge in [0.2, 0.25) is 0 Å². The summed E-state index contributed by atoms with van der Waals surface area (Å²) in [6.07, 6.45) is 3.58. The van der Waals surface area contributed by atoms with E-state index in [0.717, 1.165) is 29.4 Å². The molecular formula is C15H21F. The third-order valence-corrected chi connectivity index (χ3v) is 4.10. The van der Waals surface area contributed by atoms with Crippen LogP contribution in [-0.2, 0) is 0 Å². The van der Waals surface area contributed by atoms with Crippen molar-refractivity contribution < 1.29 is 4.39 Å². The van der Waals surface area contributed by atoms with Crippen molar-refractivity contribution in [1.82, 2.24) is 0 Å². The van der Waals surface area contributed by atoms with E-state index in [4.69, 9.17) is 0 Å². The van der Waals surface area contributed by atoms with Crippen LogP contribution in [0.5, 0.6) is 0 Å². The predicted octanol–water partition coefficient (Wildman–Crippen LogP) is 4.67. The van der Waals surface area contributed by atoms with Crippen molar-refractivity contribution in [1.29, 1.82) is 0 Å². The lowest BCUT2D eigenvalue weighted by Gasteiger charge is -2.17. The third kappa shape index (κ3) is 2.14. The second-order valence-corrected chi connectivity index (χ2v) is 5.48. The van der Waals surface area contributed by atoms with E-state index in [1.54, 1.807) is 6.07 Å². The Hall–Kier alpha value is -0.850. The van der Waals surface area contributed by atoms with Gasteiger partial charge in [-0.3, -0.25) is 0 Å². The molecule has 1 aliphatic carbocycles. The molecule has 1 fully saturated rings. The van der Waals surface area contributed by atoms with Crippen LogP contribution in [0.25, 0.3) is 0 Å². The van der Waals surface area contributed by atoms with Gasteiger partial charge in [0.05, 0.1) is 0 Å². The summed E-state index contributed by atoms with van der Waals surface area (Å²) >= 11 is 0. The largest absolute Gasteiger partial charge is 0.207 e. The lowest BCUT2D eigenvalue weighted by molar-refractivity contribution is 0.390. The highest BCUT2D eigenvalue weighted by Crippen LogP contribution is 2.43. The molecule has 0 bridgehead atoms. The maximum atomic E-state index is 13.8. The molecule has 0 heterocycles. The quantitative estimate of drug-likeness (QED) is 0.679. The Morgan fingerprint density at radius 2 is 2.00 bits per heavy atom. The Morgan fingerprint density at radius 1 is 1.25 bits per heavy atom. The molecule has 88 valence electrons. The molecule has 1 saturated carbocycles. The Kier molecular flexibility index (Phi) is 3.32. The molecule has 0 N–H and O–H groups in total. The average molecular weight is 220 g/mol. The standard InChI is InChI=1S/C15H21F/c1-10(2)12-7-8-13(9-12)15-11(3)5-4-6-14(15)16/h4-6,10,12-13H,7-9H2,1-3H3/t12-,13+/m0/s1. The van der Waals surface area contributed by atoms with Crippen LogP contribution in [0.1, 0.15) is 50.2 Å². The highest BCUT2D eigenvalue weighted by Gasteiger charge is 2.29. The summed E-state index contributed by atoms with van der Waals surface area (Å²) in [4.78, 5) is 0. The minimum Gasteiger partial charge on any atom is -0.207 e. The molecule has 0 unspecified atom stereocenters. The van der Waals surface area contributed by atoms with E-state index in [1.807, 2.05) is 19.1 Å². The molecule has 0 spiro atoms. The van der Waals surface area contributed by atoms with Crippen molar-refractivity contribution in [2.75, 3.05) is 0 Å². The van der Waals surface area contributed by atoms with E-state index in [1.165, 1.54) is 12.8 Å². The molecule has 1 aromatic rings. The fourth-order valence-corrected chi connectivity index (χ4v) is 3.05. The number of benzene rings is 1. The summed E-state index contributed by atoms with van der Waals surface area (Å²) in [5.74, 6) is 1.96. The zero-order valence-electron chi connectivity index (χ0n) is 10.5. The van der Waals surface area contributed by atoms with Gasteiger partial charge in [0, 0.05) is 0 Å². The Labute approximate surface area is 97.9 Å². The van der Waals surface area contributed by atoms with Crippen LogP contribution in [0.15, 0.2) is 18.2 Å². The van der Waals surface area contributed by atoms with Crippen molar-refractivity contribution in [3.63, 3.8) is 0 Å². The lowest BCUT2D eigenvalue weighted by atomic mass is 9.89. The minimum absolute atomic E-state index is 0.00518. The fraction of sp³-hybridized carbons (Fsp3) is 0.600. The zero-order valence-corrected chi connectivity index (χ0v) is 10.5. The summed E-state index contributed by atoms with van der Waals surface area (Å²) in [5.41, 5.74) is 2.10. The molecule has 0 aromatic heterocycles. The first kappa shape index (κ1) is 11.6. The molecule has 1 heteroatoms. The van der Waals surface area contributed by atoms with Crippen LogP contribution < -0.4 is 0 Å². The summed E-state index contributed by atoms with van der Waals surface area (Å²) < 4.78 is 13.8. The van der Waals surface area contributed by atoms with Crippen LogP contribution >= 0.6 is 0 Å². The monoisotopic (exact) mass is 220 g/mol. The first-order valence-corrected chi connectivity index (χ1v) is 6.34. The van der Waals surface area contributed by atoms with E-state index in [0.29, 0.717) is 5.92 Å². The van der Waals surface area contributed by atoms with Crippen molar-refractivity contribution >= 4 is 0 Å². The van der Waals surface area contributed by atoms with Gasteiger partial charge in [-0.15, -0.1) is 0 Å². The van der Waals surface area contributed by atoms with E-state index in [2.05, 4.69) is 13.8 Å². The van der Waals surface area contributed by atoms with Gasteiger partial charge >= 0.3 is 0 Å². The summed E-state index contributed by atoms with van der Waals surface area (Å²) in [6.45, 7) is 6.59. The molecule has 1 aromatic carbocycles. The van der Waals surface area contributed by atoms with Crippen molar-refractivity contribution in [2.45, 2.75) is 46.0 Å². The SMILES string of the molecule is Cc1cccc(F)c1[C@@H]1CC[C@H](C(C)C)C1. The minimum atomic E-state index is -0.00518. The lowest BCUT2D eigenvalue weighted by Crippen LogP contribution is -2.05. The molecule has 0 aliphatic heterocycles. The summed E-state index contributed by atoms with van der Waals surface area (Å²) in [5, 5.41) is 0. The molecule has 2 atom stereocenters. The van der Waals surface area contributed by atoms with Gasteiger partial charge in [0.15, 0.2) is 0 Å². The van der Waals surface area contributed by atoms with E-state index in [9.17, 15) is 4.39 Å². The van der Waals surface area contributed by atoms with Gasteiger partial charge in [-0.25, -0.2) is 4.39 Å². The Balaban J connectivity index is 2.20. The maximum Gasteiger partial charge on any atom is 0.126 e. The number of hydrogen-bond donors (Lipinski definition) is 0.